The molecular weight excluding hydrogens is 310 g/mol. The van der Waals surface area contributed by atoms with E-state index in [2.05, 4.69) is 26.0 Å². The summed E-state index contributed by atoms with van der Waals surface area (Å²) >= 11 is 0. The molecular formula is C22H31NO2. The maximum atomic E-state index is 11.3. The molecule has 4 rings (SSSR count). The first-order valence-electron chi connectivity index (χ1n) is 10.2. The highest BCUT2D eigenvalue weighted by Gasteiger charge is 2.58. The smallest absolute Gasteiger partial charge is 0.302 e. The average molecular weight is 341 g/mol. The molecule has 0 aromatic carbocycles. The van der Waals surface area contributed by atoms with Gasteiger partial charge in [0.1, 0.15) is 6.10 Å². The van der Waals surface area contributed by atoms with Crippen LogP contribution in [0.15, 0.2) is 11.6 Å². The molecule has 0 aromatic rings. The normalized spacial score (nSPS) is 48.4. The summed E-state index contributed by atoms with van der Waals surface area (Å²) in [5.74, 6) is 2.80. The highest BCUT2D eigenvalue weighted by Crippen LogP contribution is 2.66. The molecule has 136 valence electrons. The van der Waals surface area contributed by atoms with Crippen LogP contribution in [0.3, 0.4) is 0 Å². The Kier molecular flexibility index (Phi) is 4.02. The van der Waals surface area contributed by atoms with Crippen LogP contribution in [0.5, 0.6) is 0 Å². The zero-order valence-electron chi connectivity index (χ0n) is 15.9. The van der Waals surface area contributed by atoms with Crippen molar-refractivity contribution in [1.29, 1.82) is 5.26 Å². The summed E-state index contributed by atoms with van der Waals surface area (Å²) in [4.78, 5) is 11.3. The number of esters is 1. The zero-order valence-corrected chi connectivity index (χ0v) is 15.9. The largest absolute Gasteiger partial charge is 0.463 e. The Hall–Kier alpha value is -1.30. The van der Waals surface area contributed by atoms with E-state index in [1.54, 1.807) is 0 Å². The number of carbonyl (C=O) groups excluding carboxylic acids is 1. The molecule has 0 bridgehead atoms. The first-order valence-corrected chi connectivity index (χ1v) is 10.2. The first kappa shape index (κ1) is 17.1. The van der Waals surface area contributed by atoms with E-state index < -0.39 is 0 Å². The molecule has 0 N–H and O–H groups in total. The number of hydrogen-bond acceptors (Lipinski definition) is 3. The van der Waals surface area contributed by atoms with Gasteiger partial charge in [0.05, 0.1) is 6.07 Å². The number of rotatable bonds is 1. The predicted octanol–water partition coefficient (Wildman–Crippen LogP) is 5.02. The van der Waals surface area contributed by atoms with E-state index >= 15 is 0 Å². The first-order chi connectivity index (χ1) is 11.9. The van der Waals surface area contributed by atoms with Gasteiger partial charge in [0, 0.05) is 17.9 Å². The Morgan fingerprint density at radius 2 is 2.00 bits per heavy atom. The Morgan fingerprint density at radius 3 is 2.72 bits per heavy atom. The van der Waals surface area contributed by atoms with Gasteiger partial charge in [-0.2, -0.15) is 5.26 Å². The molecule has 25 heavy (non-hydrogen) atoms. The van der Waals surface area contributed by atoms with Gasteiger partial charge in [0.2, 0.25) is 0 Å². The van der Waals surface area contributed by atoms with Crippen LogP contribution in [-0.4, -0.2) is 12.1 Å². The molecule has 0 heterocycles. The maximum absolute atomic E-state index is 11.3. The van der Waals surface area contributed by atoms with Gasteiger partial charge in [-0.05, 0) is 80.5 Å². The summed E-state index contributed by atoms with van der Waals surface area (Å²) in [5.41, 5.74) is 1.59. The molecule has 0 radical (unpaired) electrons. The van der Waals surface area contributed by atoms with Crippen molar-refractivity contribution < 1.29 is 9.53 Å². The molecule has 0 unspecified atom stereocenters. The lowest BCUT2D eigenvalue weighted by atomic mass is 9.44. The molecule has 4 aliphatic rings. The van der Waals surface area contributed by atoms with Crippen LogP contribution >= 0.6 is 0 Å². The van der Waals surface area contributed by atoms with E-state index in [0.29, 0.717) is 17.3 Å². The van der Waals surface area contributed by atoms with Gasteiger partial charge in [-0.3, -0.25) is 4.79 Å². The molecule has 4 aliphatic carbocycles. The Morgan fingerprint density at radius 1 is 1.20 bits per heavy atom. The summed E-state index contributed by atoms with van der Waals surface area (Å²) in [5, 5.41) is 9.55. The summed E-state index contributed by atoms with van der Waals surface area (Å²) < 4.78 is 5.55. The second-order valence-corrected chi connectivity index (χ2v) is 9.58. The number of nitriles is 1. The monoisotopic (exact) mass is 341 g/mol. The fourth-order valence-electron chi connectivity index (χ4n) is 7.30. The summed E-state index contributed by atoms with van der Waals surface area (Å²) in [6.07, 6.45) is 11.8. The molecule has 3 heteroatoms. The second kappa shape index (κ2) is 5.86. The number of allylic oxidation sites excluding steroid dienone is 2. The number of fused-ring (bicyclic) bond motifs is 5. The third-order valence-electron chi connectivity index (χ3n) is 8.65. The molecule has 0 aliphatic heterocycles. The van der Waals surface area contributed by atoms with Crippen LogP contribution in [-0.2, 0) is 9.53 Å². The van der Waals surface area contributed by atoms with Crippen molar-refractivity contribution in [2.75, 3.05) is 0 Å². The number of nitrogens with zero attached hydrogens (tertiary/aromatic N) is 1. The van der Waals surface area contributed by atoms with Gasteiger partial charge < -0.3 is 4.74 Å². The van der Waals surface area contributed by atoms with Gasteiger partial charge >= 0.3 is 5.97 Å². The van der Waals surface area contributed by atoms with Crippen LogP contribution in [0.2, 0.25) is 0 Å². The second-order valence-electron chi connectivity index (χ2n) is 9.58. The van der Waals surface area contributed by atoms with Crippen LogP contribution in [0.25, 0.3) is 0 Å². The van der Waals surface area contributed by atoms with E-state index in [1.165, 1.54) is 39.0 Å². The SMILES string of the molecule is CC(=O)O[C@H]1CC[C@@]2(C)[C@@H](CC[C@@H]3[C@@H]2CC[C@]2(C)C(C#N)=CC[C@@H]32)C1. The fraction of sp³-hybridized carbons (Fsp3) is 0.818. The van der Waals surface area contributed by atoms with E-state index in [4.69, 9.17) is 4.74 Å². The highest BCUT2D eigenvalue weighted by molar-refractivity contribution is 5.66. The van der Waals surface area contributed by atoms with Gasteiger partial charge in [-0.1, -0.05) is 19.9 Å². The predicted molar refractivity (Wildman–Crippen MR) is 96.4 cm³/mol. The minimum Gasteiger partial charge on any atom is -0.463 e. The Labute approximate surface area is 151 Å². The molecule has 3 saturated carbocycles. The van der Waals surface area contributed by atoms with E-state index in [9.17, 15) is 10.1 Å². The lowest BCUT2D eigenvalue weighted by Crippen LogP contribution is -2.53. The standard InChI is InChI=1S/C22H31NO2/c1-14(24)25-17-8-10-21(2)15(12-17)4-6-18-19-7-5-16(13-23)22(19,3)11-9-20(18)21/h5,15,17-20H,4,6-12H2,1-3H3/t15-,17-,18-,19-,20-,21-,22+/m0/s1. The maximum Gasteiger partial charge on any atom is 0.302 e. The Balaban J connectivity index is 1.54. The third kappa shape index (κ3) is 2.47. The zero-order chi connectivity index (χ0) is 17.8. The summed E-state index contributed by atoms with van der Waals surface area (Å²) in [6, 6.07) is 2.50. The molecule has 3 nitrogen and oxygen atoms in total. The van der Waals surface area contributed by atoms with Gasteiger partial charge in [0.25, 0.3) is 0 Å². The Bertz CT molecular complexity index is 647. The summed E-state index contributed by atoms with van der Waals surface area (Å²) in [6.45, 7) is 6.41. The lowest BCUT2D eigenvalue weighted by molar-refractivity contribution is -0.158. The van der Waals surface area contributed by atoms with Crippen molar-refractivity contribution in [1.82, 2.24) is 0 Å². The number of carbonyl (C=O) groups is 1. The van der Waals surface area contributed by atoms with Crippen LogP contribution in [0.1, 0.15) is 72.1 Å². The fourth-order valence-corrected chi connectivity index (χ4v) is 7.30. The summed E-state index contributed by atoms with van der Waals surface area (Å²) in [7, 11) is 0. The highest BCUT2D eigenvalue weighted by atomic mass is 16.5. The van der Waals surface area contributed by atoms with E-state index in [-0.39, 0.29) is 17.5 Å². The minimum atomic E-state index is -0.128. The molecule has 3 fully saturated rings. The van der Waals surface area contributed by atoms with Crippen molar-refractivity contribution in [3.63, 3.8) is 0 Å². The van der Waals surface area contributed by atoms with Crippen molar-refractivity contribution in [3.05, 3.63) is 11.6 Å². The van der Waals surface area contributed by atoms with Crippen molar-refractivity contribution in [2.24, 2.45) is 34.5 Å². The minimum absolute atomic E-state index is 0.128. The van der Waals surface area contributed by atoms with Gasteiger partial charge in [0.15, 0.2) is 0 Å². The van der Waals surface area contributed by atoms with Gasteiger partial charge in [-0.25, -0.2) is 0 Å². The van der Waals surface area contributed by atoms with Crippen molar-refractivity contribution >= 4 is 5.97 Å². The topological polar surface area (TPSA) is 50.1 Å². The van der Waals surface area contributed by atoms with Crippen molar-refractivity contribution in [2.45, 2.75) is 78.2 Å². The number of hydrogen-bond donors (Lipinski definition) is 0. The average Bonchev–Trinajstić information content (AvgIpc) is 2.91. The molecule has 0 spiro atoms. The van der Waals surface area contributed by atoms with Crippen LogP contribution in [0, 0.1) is 45.8 Å². The molecule has 0 saturated heterocycles. The number of ether oxygens (including phenoxy) is 1. The van der Waals surface area contributed by atoms with Crippen LogP contribution in [0.4, 0.5) is 0 Å². The van der Waals surface area contributed by atoms with Gasteiger partial charge in [-0.15, -0.1) is 0 Å². The van der Waals surface area contributed by atoms with Crippen molar-refractivity contribution in [3.8, 4) is 6.07 Å². The lowest BCUT2D eigenvalue weighted by Gasteiger charge is -2.60. The quantitative estimate of drug-likeness (QED) is 0.629. The molecule has 0 aromatic heterocycles. The molecule has 7 atom stereocenters. The van der Waals surface area contributed by atoms with E-state index in [0.717, 1.165) is 36.7 Å². The van der Waals surface area contributed by atoms with E-state index in [1.807, 2.05) is 0 Å². The third-order valence-corrected chi connectivity index (χ3v) is 8.65. The van der Waals surface area contributed by atoms with Crippen LogP contribution < -0.4 is 0 Å². The molecule has 0 amide bonds.